The van der Waals surface area contributed by atoms with Crippen molar-refractivity contribution in [3.63, 3.8) is 0 Å². The monoisotopic (exact) mass is 157 g/mol. The van der Waals surface area contributed by atoms with Gasteiger partial charge < -0.3 is 10.1 Å². The summed E-state index contributed by atoms with van der Waals surface area (Å²) in [6.45, 7) is 10.9. The number of hydrogen-bond acceptors (Lipinski definition) is 2. The third kappa shape index (κ3) is 6.05. The fourth-order valence-electron chi connectivity index (χ4n) is 0.535. The SMILES string of the molecule is CC(C)(C=O)CNC(C)(C)C. The minimum absolute atomic E-state index is 0.0975. The normalized spacial score (nSPS) is 13.2. The van der Waals surface area contributed by atoms with Crippen molar-refractivity contribution in [3.05, 3.63) is 0 Å². The van der Waals surface area contributed by atoms with E-state index in [-0.39, 0.29) is 11.0 Å². The Labute approximate surface area is 69.4 Å². The summed E-state index contributed by atoms with van der Waals surface area (Å²) in [6, 6.07) is 0. The highest BCUT2D eigenvalue weighted by atomic mass is 16.1. The van der Waals surface area contributed by atoms with Crippen LogP contribution in [-0.4, -0.2) is 18.4 Å². The zero-order valence-corrected chi connectivity index (χ0v) is 8.19. The molecule has 0 spiro atoms. The molecule has 0 aliphatic heterocycles. The van der Waals surface area contributed by atoms with E-state index in [0.29, 0.717) is 0 Å². The lowest BCUT2D eigenvalue weighted by atomic mass is 9.94. The predicted molar refractivity (Wildman–Crippen MR) is 47.6 cm³/mol. The number of nitrogens with one attached hydrogen (secondary N) is 1. The van der Waals surface area contributed by atoms with Crippen LogP contribution in [0.1, 0.15) is 34.6 Å². The van der Waals surface area contributed by atoms with E-state index in [9.17, 15) is 4.79 Å². The average Bonchev–Trinajstić information content (AvgIpc) is 1.83. The van der Waals surface area contributed by atoms with E-state index in [1.54, 1.807) is 0 Å². The summed E-state index contributed by atoms with van der Waals surface area (Å²) in [7, 11) is 0. The molecule has 2 heteroatoms. The number of hydrogen-bond donors (Lipinski definition) is 1. The van der Waals surface area contributed by atoms with Gasteiger partial charge in [0.25, 0.3) is 0 Å². The van der Waals surface area contributed by atoms with Crippen molar-refractivity contribution in [2.24, 2.45) is 5.41 Å². The Morgan fingerprint density at radius 2 is 1.64 bits per heavy atom. The summed E-state index contributed by atoms with van der Waals surface area (Å²) in [5.41, 5.74) is -0.145. The van der Waals surface area contributed by atoms with Crippen LogP contribution in [0.15, 0.2) is 0 Å². The zero-order valence-electron chi connectivity index (χ0n) is 8.19. The van der Waals surface area contributed by atoms with Crippen LogP contribution < -0.4 is 5.32 Å². The fraction of sp³-hybridized carbons (Fsp3) is 0.889. The Morgan fingerprint density at radius 3 is 1.91 bits per heavy atom. The van der Waals surface area contributed by atoms with Gasteiger partial charge in [-0.15, -0.1) is 0 Å². The zero-order chi connectivity index (χ0) is 9.12. The predicted octanol–water partition coefficient (Wildman–Crippen LogP) is 1.60. The molecule has 2 nitrogen and oxygen atoms in total. The largest absolute Gasteiger partial charge is 0.311 e. The summed E-state index contributed by atoms with van der Waals surface area (Å²) in [6.07, 6.45) is 0.992. The van der Waals surface area contributed by atoms with Gasteiger partial charge in [-0.05, 0) is 20.8 Å². The van der Waals surface area contributed by atoms with Gasteiger partial charge in [-0.25, -0.2) is 0 Å². The number of carbonyl (C=O) groups is 1. The molecule has 0 saturated heterocycles. The number of aldehydes is 1. The molecule has 0 aromatic rings. The minimum Gasteiger partial charge on any atom is -0.311 e. The average molecular weight is 157 g/mol. The van der Waals surface area contributed by atoms with Crippen LogP contribution in [0.3, 0.4) is 0 Å². The van der Waals surface area contributed by atoms with Gasteiger partial charge >= 0.3 is 0 Å². The van der Waals surface area contributed by atoms with Gasteiger partial charge in [0.1, 0.15) is 6.29 Å². The van der Waals surface area contributed by atoms with E-state index >= 15 is 0 Å². The molecule has 11 heavy (non-hydrogen) atoms. The molecule has 0 amide bonds. The van der Waals surface area contributed by atoms with Gasteiger partial charge in [0.2, 0.25) is 0 Å². The summed E-state index contributed by atoms with van der Waals surface area (Å²) in [5, 5.41) is 3.28. The molecule has 0 bridgehead atoms. The van der Waals surface area contributed by atoms with Crippen molar-refractivity contribution in [1.82, 2.24) is 5.32 Å². The molecule has 0 aromatic heterocycles. The summed E-state index contributed by atoms with van der Waals surface area (Å²) in [5.74, 6) is 0. The van der Waals surface area contributed by atoms with Crippen LogP contribution in [0.5, 0.6) is 0 Å². The van der Waals surface area contributed by atoms with Crippen molar-refractivity contribution >= 4 is 6.29 Å². The molecule has 0 atom stereocenters. The maximum Gasteiger partial charge on any atom is 0.126 e. The van der Waals surface area contributed by atoms with Gasteiger partial charge in [0.05, 0.1) is 0 Å². The number of rotatable bonds is 3. The standard InChI is InChI=1S/C9H19NO/c1-8(2,3)10-6-9(4,5)7-11/h7,10H,6H2,1-5H3. The quantitative estimate of drug-likeness (QED) is 0.630. The van der Waals surface area contributed by atoms with E-state index in [1.807, 2.05) is 13.8 Å². The maximum absolute atomic E-state index is 10.5. The van der Waals surface area contributed by atoms with E-state index < -0.39 is 0 Å². The van der Waals surface area contributed by atoms with E-state index in [2.05, 4.69) is 26.1 Å². The second-order valence-electron chi connectivity index (χ2n) is 4.71. The van der Waals surface area contributed by atoms with Crippen LogP contribution in [0.4, 0.5) is 0 Å². The highest BCUT2D eigenvalue weighted by Crippen LogP contribution is 2.10. The first-order chi connectivity index (χ1) is 4.77. The highest BCUT2D eigenvalue weighted by molar-refractivity contribution is 5.58. The lowest BCUT2D eigenvalue weighted by Crippen LogP contribution is -2.42. The fourth-order valence-corrected chi connectivity index (χ4v) is 0.535. The lowest BCUT2D eigenvalue weighted by molar-refractivity contribution is -0.114. The van der Waals surface area contributed by atoms with E-state index in [1.165, 1.54) is 0 Å². The molecule has 0 aliphatic rings. The first-order valence-electron chi connectivity index (χ1n) is 3.98. The van der Waals surface area contributed by atoms with Crippen molar-refractivity contribution < 1.29 is 4.79 Å². The molecular weight excluding hydrogens is 138 g/mol. The molecular formula is C9H19NO. The van der Waals surface area contributed by atoms with E-state index in [0.717, 1.165) is 12.8 Å². The van der Waals surface area contributed by atoms with Crippen LogP contribution >= 0.6 is 0 Å². The molecule has 0 unspecified atom stereocenters. The maximum atomic E-state index is 10.5. The van der Waals surface area contributed by atoms with Gasteiger partial charge in [0, 0.05) is 17.5 Å². The summed E-state index contributed by atoms with van der Waals surface area (Å²) >= 11 is 0. The van der Waals surface area contributed by atoms with Gasteiger partial charge in [-0.1, -0.05) is 13.8 Å². The molecule has 0 saturated carbocycles. The topological polar surface area (TPSA) is 29.1 Å². The minimum atomic E-state index is -0.243. The Hall–Kier alpha value is -0.370. The molecule has 1 N–H and O–H groups in total. The summed E-state index contributed by atoms with van der Waals surface area (Å²) < 4.78 is 0. The van der Waals surface area contributed by atoms with Crippen molar-refractivity contribution in [1.29, 1.82) is 0 Å². The molecule has 0 aliphatic carbocycles. The molecule has 0 rings (SSSR count). The molecule has 0 aromatic carbocycles. The molecule has 0 heterocycles. The van der Waals surface area contributed by atoms with Crippen molar-refractivity contribution in [2.75, 3.05) is 6.54 Å². The molecule has 0 fully saturated rings. The van der Waals surface area contributed by atoms with Gasteiger partial charge in [-0.3, -0.25) is 0 Å². The van der Waals surface area contributed by atoms with Crippen LogP contribution in [0, 0.1) is 5.41 Å². The Kier molecular flexibility index (Phi) is 3.24. The number of carbonyl (C=O) groups excluding carboxylic acids is 1. The smallest absolute Gasteiger partial charge is 0.126 e. The van der Waals surface area contributed by atoms with Crippen LogP contribution in [0.25, 0.3) is 0 Å². The van der Waals surface area contributed by atoms with Crippen molar-refractivity contribution in [3.8, 4) is 0 Å². The summed E-state index contributed by atoms with van der Waals surface area (Å²) in [4.78, 5) is 10.5. The van der Waals surface area contributed by atoms with Crippen molar-refractivity contribution in [2.45, 2.75) is 40.2 Å². The Balaban J connectivity index is 3.79. The highest BCUT2D eigenvalue weighted by Gasteiger charge is 2.19. The first kappa shape index (κ1) is 10.6. The second kappa shape index (κ2) is 3.35. The van der Waals surface area contributed by atoms with Gasteiger partial charge in [-0.2, -0.15) is 0 Å². The Bertz CT molecular complexity index is 133. The van der Waals surface area contributed by atoms with Gasteiger partial charge in [0.15, 0.2) is 0 Å². The molecule has 0 radical (unpaired) electrons. The molecule has 66 valence electrons. The van der Waals surface area contributed by atoms with Crippen LogP contribution in [0.2, 0.25) is 0 Å². The third-order valence-corrected chi connectivity index (χ3v) is 1.39. The van der Waals surface area contributed by atoms with E-state index in [4.69, 9.17) is 0 Å². The lowest BCUT2D eigenvalue weighted by Gasteiger charge is -2.26. The third-order valence-electron chi connectivity index (χ3n) is 1.39. The Morgan fingerprint density at radius 1 is 1.18 bits per heavy atom. The van der Waals surface area contributed by atoms with Crippen LogP contribution in [-0.2, 0) is 4.79 Å². The first-order valence-corrected chi connectivity index (χ1v) is 3.98. The second-order valence-corrected chi connectivity index (χ2v) is 4.71.